The van der Waals surface area contributed by atoms with E-state index in [1.807, 2.05) is 6.07 Å². The number of rotatable bonds is 7. The standard InChI is InChI=1S/C14H17F2N3O2/c1-10(19(6-7-20)9-13(15)16)14(21)18-12-4-2-11(8-17)3-5-12/h2-5,10,13,20H,6-7,9H2,1H3,(H,18,21). The lowest BCUT2D eigenvalue weighted by molar-refractivity contribution is -0.121. The molecule has 0 bridgehead atoms. The molecule has 1 aromatic carbocycles. The average Bonchev–Trinajstić information content (AvgIpc) is 2.46. The average molecular weight is 297 g/mol. The van der Waals surface area contributed by atoms with Gasteiger partial charge in [0.05, 0.1) is 30.8 Å². The molecule has 7 heteroatoms. The van der Waals surface area contributed by atoms with Crippen LogP contribution >= 0.6 is 0 Å². The summed E-state index contributed by atoms with van der Waals surface area (Å²) in [6.45, 7) is 0.604. The monoisotopic (exact) mass is 297 g/mol. The van der Waals surface area contributed by atoms with Gasteiger partial charge in [0.25, 0.3) is 6.43 Å². The minimum atomic E-state index is -2.58. The largest absolute Gasteiger partial charge is 0.395 e. The first-order valence-corrected chi connectivity index (χ1v) is 6.42. The third kappa shape index (κ3) is 5.45. The molecule has 0 fully saturated rings. The number of benzene rings is 1. The van der Waals surface area contributed by atoms with Crippen molar-refractivity contribution >= 4 is 11.6 Å². The van der Waals surface area contributed by atoms with Crippen LogP contribution in [0.4, 0.5) is 14.5 Å². The summed E-state index contributed by atoms with van der Waals surface area (Å²) in [5.74, 6) is -0.450. The third-order valence-corrected chi connectivity index (χ3v) is 2.97. The van der Waals surface area contributed by atoms with Crippen molar-refractivity contribution in [3.05, 3.63) is 29.8 Å². The number of nitriles is 1. The molecular weight excluding hydrogens is 280 g/mol. The molecular formula is C14H17F2N3O2. The summed E-state index contributed by atoms with van der Waals surface area (Å²) in [4.78, 5) is 13.2. The summed E-state index contributed by atoms with van der Waals surface area (Å²) in [5, 5.41) is 20.1. The summed E-state index contributed by atoms with van der Waals surface area (Å²) >= 11 is 0. The van der Waals surface area contributed by atoms with Crippen LogP contribution in [-0.2, 0) is 4.79 Å². The zero-order valence-corrected chi connectivity index (χ0v) is 11.6. The highest BCUT2D eigenvalue weighted by Crippen LogP contribution is 2.11. The molecule has 0 saturated heterocycles. The fourth-order valence-electron chi connectivity index (χ4n) is 1.79. The highest BCUT2D eigenvalue weighted by Gasteiger charge is 2.23. The van der Waals surface area contributed by atoms with E-state index < -0.39 is 24.9 Å². The second-order valence-corrected chi connectivity index (χ2v) is 4.46. The van der Waals surface area contributed by atoms with E-state index in [1.165, 1.54) is 11.8 Å². The minimum absolute atomic E-state index is 0.00764. The Morgan fingerprint density at radius 1 is 1.43 bits per heavy atom. The number of halogens is 2. The zero-order valence-electron chi connectivity index (χ0n) is 11.6. The highest BCUT2D eigenvalue weighted by molar-refractivity contribution is 5.94. The summed E-state index contributed by atoms with van der Waals surface area (Å²) < 4.78 is 24.9. The van der Waals surface area contributed by atoms with E-state index in [4.69, 9.17) is 10.4 Å². The van der Waals surface area contributed by atoms with Gasteiger partial charge in [-0.1, -0.05) is 0 Å². The Hall–Kier alpha value is -2.04. The van der Waals surface area contributed by atoms with Crippen molar-refractivity contribution in [2.45, 2.75) is 19.4 Å². The van der Waals surface area contributed by atoms with E-state index in [2.05, 4.69) is 5.32 Å². The first-order valence-electron chi connectivity index (χ1n) is 6.42. The molecule has 1 unspecified atom stereocenters. The Morgan fingerprint density at radius 3 is 2.52 bits per heavy atom. The Morgan fingerprint density at radius 2 is 2.05 bits per heavy atom. The van der Waals surface area contributed by atoms with Crippen LogP contribution in [-0.4, -0.2) is 48.1 Å². The van der Waals surface area contributed by atoms with Gasteiger partial charge < -0.3 is 10.4 Å². The van der Waals surface area contributed by atoms with Crippen molar-refractivity contribution in [3.63, 3.8) is 0 Å². The fraction of sp³-hybridized carbons (Fsp3) is 0.429. The summed E-state index contributed by atoms with van der Waals surface area (Å²) in [7, 11) is 0. The lowest BCUT2D eigenvalue weighted by Gasteiger charge is -2.27. The first kappa shape index (κ1) is 17.0. The Bertz CT molecular complexity index is 500. The lowest BCUT2D eigenvalue weighted by atomic mass is 10.2. The molecule has 1 amide bonds. The fourth-order valence-corrected chi connectivity index (χ4v) is 1.79. The number of carbonyl (C=O) groups excluding carboxylic acids is 1. The van der Waals surface area contributed by atoms with Gasteiger partial charge in [-0.15, -0.1) is 0 Å². The lowest BCUT2D eigenvalue weighted by Crippen LogP contribution is -2.45. The number of nitrogens with one attached hydrogen (secondary N) is 1. The molecule has 21 heavy (non-hydrogen) atoms. The van der Waals surface area contributed by atoms with Crippen molar-refractivity contribution in [1.29, 1.82) is 5.26 Å². The number of alkyl halides is 2. The van der Waals surface area contributed by atoms with Gasteiger partial charge in [0.1, 0.15) is 0 Å². The molecule has 2 N–H and O–H groups in total. The van der Waals surface area contributed by atoms with Gasteiger partial charge in [0.15, 0.2) is 0 Å². The number of carbonyl (C=O) groups is 1. The van der Waals surface area contributed by atoms with Crippen LogP contribution in [0.2, 0.25) is 0 Å². The molecule has 114 valence electrons. The summed E-state index contributed by atoms with van der Waals surface area (Å²) in [6, 6.07) is 7.37. The molecule has 0 saturated carbocycles. The minimum Gasteiger partial charge on any atom is -0.395 e. The molecule has 0 aliphatic carbocycles. The number of aliphatic hydroxyl groups excluding tert-OH is 1. The van der Waals surface area contributed by atoms with Gasteiger partial charge in [0.2, 0.25) is 5.91 Å². The number of amides is 1. The number of nitrogens with zero attached hydrogens (tertiary/aromatic N) is 2. The third-order valence-electron chi connectivity index (χ3n) is 2.97. The maximum Gasteiger partial charge on any atom is 0.251 e. The molecule has 1 rings (SSSR count). The van der Waals surface area contributed by atoms with E-state index >= 15 is 0 Å². The topological polar surface area (TPSA) is 76.4 Å². The van der Waals surface area contributed by atoms with Crippen LogP contribution in [0.5, 0.6) is 0 Å². The number of hydrogen-bond acceptors (Lipinski definition) is 4. The zero-order chi connectivity index (χ0) is 15.8. The van der Waals surface area contributed by atoms with Gasteiger partial charge >= 0.3 is 0 Å². The SMILES string of the molecule is CC(C(=O)Nc1ccc(C#N)cc1)N(CCO)CC(F)F. The maximum atomic E-state index is 12.5. The smallest absolute Gasteiger partial charge is 0.251 e. The van der Waals surface area contributed by atoms with E-state index in [0.717, 1.165) is 0 Å². The van der Waals surface area contributed by atoms with Crippen LogP contribution in [0.1, 0.15) is 12.5 Å². The van der Waals surface area contributed by atoms with Crippen molar-refractivity contribution in [2.75, 3.05) is 25.0 Å². The normalized spacial score (nSPS) is 12.2. The predicted octanol–water partition coefficient (Wildman–Crippen LogP) is 1.44. The van der Waals surface area contributed by atoms with Gasteiger partial charge in [-0.25, -0.2) is 8.78 Å². The molecule has 0 spiro atoms. The van der Waals surface area contributed by atoms with Crippen molar-refractivity contribution in [1.82, 2.24) is 4.90 Å². The Balaban J connectivity index is 2.68. The summed E-state index contributed by atoms with van der Waals surface area (Å²) in [5.41, 5.74) is 0.938. The van der Waals surface area contributed by atoms with E-state index in [0.29, 0.717) is 11.3 Å². The van der Waals surface area contributed by atoms with Crippen LogP contribution in [0.3, 0.4) is 0 Å². The number of anilines is 1. The van der Waals surface area contributed by atoms with Crippen LogP contribution < -0.4 is 5.32 Å². The molecule has 5 nitrogen and oxygen atoms in total. The number of hydrogen-bond donors (Lipinski definition) is 2. The molecule has 0 radical (unpaired) electrons. The van der Waals surface area contributed by atoms with Crippen molar-refractivity contribution < 1.29 is 18.7 Å². The first-order chi connectivity index (χ1) is 9.97. The second kappa shape index (κ2) is 8.29. The van der Waals surface area contributed by atoms with Crippen LogP contribution in [0.15, 0.2) is 24.3 Å². The molecule has 0 aliphatic rings. The Labute approximate surface area is 121 Å². The molecule has 0 aromatic heterocycles. The van der Waals surface area contributed by atoms with Crippen molar-refractivity contribution in [2.24, 2.45) is 0 Å². The van der Waals surface area contributed by atoms with Gasteiger partial charge in [-0.05, 0) is 31.2 Å². The molecule has 0 heterocycles. The quantitative estimate of drug-likeness (QED) is 0.798. The predicted molar refractivity (Wildman–Crippen MR) is 73.9 cm³/mol. The molecule has 0 aliphatic heterocycles. The molecule has 1 atom stereocenters. The van der Waals surface area contributed by atoms with Crippen LogP contribution in [0, 0.1) is 11.3 Å². The summed E-state index contributed by atoms with van der Waals surface area (Å²) in [6.07, 6.45) is -2.58. The van der Waals surface area contributed by atoms with E-state index in [1.54, 1.807) is 24.3 Å². The number of aliphatic hydroxyl groups is 1. The Kier molecular flexibility index (Phi) is 6.72. The van der Waals surface area contributed by atoms with Gasteiger partial charge in [-0.3, -0.25) is 9.69 Å². The van der Waals surface area contributed by atoms with Crippen LogP contribution in [0.25, 0.3) is 0 Å². The van der Waals surface area contributed by atoms with E-state index in [9.17, 15) is 13.6 Å². The van der Waals surface area contributed by atoms with Crippen molar-refractivity contribution in [3.8, 4) is 6.07 Å². The van der Waals surface area contributed by atoms with Gasteiger partial charge in [0, 0.05) is 12.2 Å². The maximum absolute atomic E-state index is 12.5. The highest BCUT2D eigenvalue weighted by atomic mass is 19.3. The van der Waals surface area contributed by atoms with E-state index in [-0.39, 0.29) is 13.2 Å². The second-order valence-electron chi connectivity index (χ2n) is 4.46. The molecule has 1 aromatic rings. The van der Waals surface area contributed by atoms with Gasteiger partial charge in [-0.2, -0.15) is 5.26 Å².